The minimum atomic E-state index is -0.212. The zero-order valence-electron chi connectivity index (χ0n) is 14.0. The summed E-state index contributed by atoms with van der Waals surface area (Å²) in [6.45, 7) is 0.367. The number of ether oxygens (including phenoxy) is 2. The van der Waals surface area contributed by atoms with Crippen LogP contribution in [0, 0.1) is 0 Å². The van der Waals surface area contributed by atoms with Gasteiger partial charge in [0, 0.05) is 17.0 Å². The maximum absolute atomic E-state index is 12.4. The van der Waals surface area contributed by atoms with Gasteiger partial charge in [-0.1, -0.05) is 30.3 Å². The molecule has 0 aliphatic carbocycles. The molecule has 0 saturated heterocycles. The zero-order chi connectivity index (χ0) is 17.6. The van der Waals surface area contributed by atoms with Crippen molar-refractivity contribution in [2.24, 2.45) is 0 Å². The van der Waals surface area contributed by atoms with E-state index in [1.807, 2.05) is 35.7 Å². The summed E-state index contributed by atoms with van der Waals surface area (Å²) in [5.74, 6) is 0.901. The molecule has 0 unspecified atom stereocenters. The van der Waals surface area contributed by atoms with Crippen LogP contribution in [0.4, 0.5) is 0 Å². The SMILES string of the molecule is COc1ccc(C(=O)NCc2nc(-c3ccccc3)cs2)c(OC)c1. The molecular formula is C19H18N2O3S. The minimum absolute atomic E-state index is 0.212. The van der Waals surface area contributed by atoms with Gasteiger partial charge in [-0.15, -0.1) is 11.3 Å². The molecular weight excluding hydrogens is 336 g/mol. The van der Waals surface area contributed by atoms with Crippen molar-refractivity contribution in [3.8, 4) is 22.8 Å². The summed E-state index contributed by atoms with van der Waals surface area (Å²) in [5.41, 5.74) is 2.44. The fraction of sp³-hybridized carbons (Fsp3) is 0.158. The first-order valence-electron chi connectivity index (χ1n) is 7.71. The van der Waals surface area contributed by atoms with Crippen LogP contribution < -0.4 is 14.8 Å². The van der Waals surface area contributed by atoms with Gasteiger partial charge < -0.3 is 14.8 Å². The predicted molar refractivity (Wildman–Crippen MR) is 98.3 cm³/mol. The normalized spacial score (nSPS) is 10.3. The average Bonchev–Trinajstić information content (AvgIpc) is 3.15. The van der Waals surface area contributed by atoms with Crippen molar-refractivity contribution in [1.29, 1.82) is 0 Å². The van der Waals surface area contributed by atoms with Crippen LogP contribution in [0.15, 0.2) is 53.9 Å². The van der Waals surface area contributed by atoms with Gasteiger partial charge in [-0.2, -0.15) is 0 Å². The number of carbonyl (C=O) groups excluding carboxylic acids is 1. The lowest BCUT2D eigenvalue weighted by molar-refractivity contribution is 0.0948. The molecule has 2 aromatic carbocycles. The number of thiazole rings is 1. The molecule has 0 spiro atoms. The molecule has 5 nitrogen and oxygen atoms in total. The van der Waals surface area contributed by atoms with Gasteiger partial charge in [-0.25, -0.2) is 4.98 Å². The molecule has 0 atom stereocenters. The number of carbonyl (C=O) groups is 1. The summed E-state index contributed by atoms with van der Waals surface area (Å²) >= 11 is 1.52. The quantitative estimate of drug-likeness (QED) is 0.732. The molecule has 0 saturated carbocycles. The summed E-state index contributed by atoms with van der Waals surface area (Å²) in [5, 5.41) is 5.72. The lowest BCUT2D eigenvalue weighted by Gasteiger charge is -2.10. The average molecular weight is 354 g/mol. The Balaban J connectivity index is 1.68. The first-order valence-corrected chi connectivity index (χ1v) is 8.59. The molecule has 0 fully saturated rings. The number of nitrogens with one attached hydrogen (secondary N) is 1. The van der Waals surface area contributed by atoms with E-state index in [0.29, 0.717) is 23.6 Å². The highest BCUT2D eigenvalue weighted by atomic mass is 32.1. The van der Waals surface area contributed by atoms with E-state index in [1.165, 1.54) is 18.4 Å². The van der Waals surface area contributed by atoms with Crippen molar-refractivity contribution < 1.29 is 14.3 Å². The third-order valence-electron chi connectivity index (χ3n) is 3.67. The second-order valence-corrected chi connectivity index (χ2v) is 6.18. The lowest BCUT2D eigenvalue weighted by Crippen LogP contribution is -2.23. The Morgan fingerprint density at radius 2 is 1.92 bits per heavy atom. The van der Waals surface area contributed by atoms with Crippen molar-refractivity contribution in [2.45, 2.75) is 6.54 Å². The Morgan fingerprint density at radius 3 is 2.64 bits per heavy atom. The number of hydrogen-bond donors (Lipinski definition) is 1. The van der Waals surface area contributed by atoms with Crippen molar-refractivity contribution in [3.05, 3.63) is 64.5 Å². The maximum atomic E-state index is 12.4. The van der Waals surface area contributed by atoms with Crippen molar-refractivity contribution in [3.63, 3.8) is 0 Å². The first-order chi connectivity index (χ1) is 12.2. The second kappa shape index (κ2) is 7.81. The van der Waals surface area contributed by atoms with Crippen LogP contribution in [0.5, 0.6) is 11.5 Å². The van der Waals surface area contributed by atoms with Crippen molar-refractivity contribution in [2.75, 3.05) is 14.2 Å². The van der Waals surface area contributed by atoms with Crippen LogP contribution >= 0.6 is 11.3 Å². The Morgan fingerprint density at radius 1 is 1.12 bits per heavy atom. The Bertz CT molecular complexity index is 862. The number of hydrogen-bond acceptors (Lipinski definition) is 5. The van der Waals surface area contributed by atoms with E-state index in [1.54, 1.807) is 25.3 Å². The zero-order valence-corrected chi connectivity index (χ0v) is 14.8. The number of rotatable bonds is 6. The van der Waals surface area contributed by atoms with E-state index in [4.69, 9.17) is 9.47 Å². The molecule has 6 heteroatoms. The van der Waals surface area contributed by atoms with Gasteiger partial charge in [0.2, 0.25) is 0 Å². The van der Waals surface area contributed by atoms with Gasteiger partial charge in [-0.3, -0.25) is 4.79 Å². The van der Waals surface area contributed by atoms with Crippen LogP contribution in [0.25, 0.3) is 11.3 Å². The largest absolute Gasteiger partial charge is 0.497 e. The topological polar surface area (TPSA) is 60.5 Å². The molecule has 1 heterocycles. The van der Waals surface area contributed by atoms with Crippen LogP contribution in [0.2, 0.25) is 0 Å². The van der Waals surface area contributed by atoms with Gasteiger partial charge in [0.05, 0.1) is 32.0 Å². The minimum Gasteiger partial charge on any atom is -0.497 e. The maximum Gasteiger partial charge on any atom is 0.255 e. The predicted octanol–water partition coefficient (Wildman–Crippen LogP) is 3.76. The Labute approximate surface area is 150 Å². The highest BCUT2D eigenvalue weighted by Gasteiger charge is 2.14. The Hall–Kier alpha value is -2.86. The number of nitrogens with zero attached hydrogens (tertiary/aromatic N) is 1. The number of aromatic nitrogens is 1. The third-order valence-corrected chi connectivity index (χ3v) is 4.52. The lowest BCUT2D eigenvalue weighted by atomic mass is 10.1. The summed E-state index contributed by atoms with van der Waals surface area (Å²) < 4.78 is 10.4. The van der Waals surface area contributed by atoms with E-state index in [2.05, 4.69) is 10.3 Å². The molecule has 0 bridgehead atoms. The number of methoxy groups -OCH3 is 2. The summed E-state index contributed by atoms with van der Waals surface area (Å²) in [4.78, 5) is 17.0. The highest BCUT2D eigenvalue weighted by Crippen LogP contribution is 2.25. The van der Waals surface area contributed by atoms with Crippen LogP contribution in [-0.4, -0.2) is 25.1 Å². The highest BCUT2D eigenvalue weighted by molar-refractivity contribution is 7.09. The molecule has 1 amide bonds. The van der Waals surface area contributed by atoms with E-state index >= 15 is 0 Å². The third kappa shape index (κ3) is 3.97. The standard InChI is InChI=1S/C19H18N2O3S/c1-23-14-8-9-15(17(10-14)24-2)19(22)20-11-18-21-16(12-25-18)13-6-4-3-5-7-13/h3-10,12H,11H2,1-2H3,(H,20,22). The molecule has 1 N–H and O–H groups in total. The molecule has 0 aliphatic heterocycles. The van der Waals surface area contributed by atoms with Gasteiger partial charge in [0.15, 0.2) is 0 Å². The van der Waals surface area contributed by atoms with Crippen LogP contribution in [0.3, 0.4) is 0 Å². The first kappa shape index (κ1) is 17.0. The van der Waals surface area contributed by atoms with E-state index in [0.717, 1.165) is 16.3 Å². The number of amides is 1. The Kier molecular flexibility index (Phi) is 5.30. The van der Waals surface area contributed by atoms with Crippen molar-refractivity contribution >= 4 is 17.2 Å². The van der Waals surface area contributed by atoms with E-state index in [-0.39, 0.29) is 5.91 Å². The monoisotopic (exact) mass is 354 g/mol. The van der Waals surface area contributed by atoms with E-state index in [9.17, 15) is 4.79 Å². The molecule has 128 valence electrons. The summed E-state index contributed by atoms with van der Waals surface area (Å²) in [7, 11) is 3.10. The summed E-state index contributed by atoms with van der Waals surface area (Å²) in [6, 6.07) is 15.1. The fourth-order valence-corrected chi connectivity index (χ4v) is 3.11. The van der Waals surface area contributed by atoms with Crippen LogP contribution in [0.1, 0.15) is 15.4 Å². The second-order valence-electron chi connectivity index (χ2n) is 5.24. The van der Waals surface area contributed by atoms with Gasteiger partial charge >= 0.3 is 0 Å². The molecule has 25 heavy (non-hydrogen) atoms. The molecule has 3 rings (SSSR count). The number of benzene rings is 2. The summed E-state index contributed by atoms with van der Waals surface area (Å²) in [6.07, 6.45) is 0. The molecule has 3 aromatic rings. The van der Waals surface area contributed by atoms with Gasteiger partial charge in [0.25, 0.3) is 5.91 Å². The van der Waals surface area contributed by atoms with E-state index < -0.39 is 0 Å². The smallest absolute Gasteiger partial charge is 0.255 e. The van der Waals surface area contributed by atoms with Gasteiger partial charge in [-0.05, 0) is 12.1 Å². The molecule has 0 radical (unpaired) electrons. The molecule has 1 aromatic heterocycles. The van der Waals surface area contributed by atoms with Gasteiger partial charge in [0.1, 0.15) is 16.5 Å². The van der Waals surface area contributed by atoms with Crippen LogP contribution in [-0.2, 0) is 6.54 Å². The fourth-order valence-electron chi connectivity index (χ4n) is 2.37. The molecule has 0 aliphatic rings. The van der Waals surface area contributed by atoms with Crippen molar-refractivity contribution in [1.82, 2.24) is 10.3 Å².